The molecule has 1 aliphatic carbocycles. The molecule has 1 aliphatic rings. The van der Waals surface area contributed by atoms with Gasteiger partial charge in [0, 0.05) is 0 Å². The van der Waals surface area contributed by atoms with E-state index in [4.69, 9.17) is 0 Å². The van der Waals surface area contributed by atoms with Crippen LogP contribution < -0.4 is 0 Å². The fourth-order valence-corrected chi connectivity index (χ4v) is 11.0. The van der Waals surface area contributed by atoms with Crippen molar-refractivity contribution >= 4 is 8.32 Å². The second kappa shape index (κ2) is 10.7. The molecule has 1 N–H and O–H groups in total. The maximum absolute atomic E-state index is 11.2. The van der Waals surface area contributed by atoms with Crippen molar-refractivity contribution in [3.05, 3.63) is 14.9 Å². The SMILES string of the molecule is C1CCCC1.CC(C)(C)[Si](O)(C(C)(C)C)C(C)(C)C.[CH3-].[CH3-].[Ti+3]. The number of rotatable bonds is 0. The van der Waals surface area contributed by atoms with Crippen molar-refractivity contribution in [2.24, 2.45) is 0 Å². The molecular weight excluding hydrogens is 320 g/mol. The van der Waals surface area contributed by atoms with Gasteiger partial charge in [-0.15, -0.1) is 0 Å². The van der Waals surface area contributed by atoms with Crippen molar-refractivity contribution in [1.29, 1.82) is 0 Å². The molecule has 133 valence electrons. The Kier molecular flexibility index (Phi) is 14.9. The van der Waals surface area contributed by atoms with Gasteiger partial charge in [0.2, 0.25) is 8.32 Å². The van der Waals surface area contributed by atoms with Crippen LogP contribution >= 0.6 is 0 Å². The minimum atomic E-state index is -2.35. The molecule has 0 aromatic heterocycles. The fraction of sp³-hybridized carbons (Fsp3) is 0.895. The first kappa shape index (κ1) is 30.7. The van der Waals surface area contributed by atoms with Crippen LogP contribution in [0.15, 0.2) is 0 Å². The number of hydrogen-bond donors (Lipinski definition) is 1. The molecule has 0 spiro atoms. The van der Waals surface area contributed by atoms with Crippen LogP contribution in [-0.4, -0.2) is 13.1 Å². The van der Waals surface area contributed by atoms with Gasteiger partial charge in [0.25, 0.3) is 0 Å². The third-order valence-electron chi connectivity index (χ3n) is 4.51. The maximum Gasteiger partial charge on any atom is 3.00 e. The summed E-state index contributed by atoms with van der Waals surface area (Å²) in [5, 5.41) is 0.0521. The zero-order valence-corrected chi connectivity index (χ0v) is 20.0. The molecule has 0 bridgehead atoms. The van der Waals surface area contributed by atoms with E-state index in [-0.39, 0.29) is 51.7 Å². The Balaban J connectivity index is -0.000000173. The van der Waals surface area contributed by atoms with E-state index in [1.165, 1.54) is 32.1 Å². The zero-order chi connectivity index (χ0) is 15.5. The van der Waals surface area contributed by atoms with E-state index in [1.807, 2.05) is 0 Å². The van der Waals surface area contributed by atoms with E-state index < -0.39 is 8.32 Å². The first-order valence-electron chi connectivity index (χ1n) is 7.97. The standard InChI is InChI=1S/C12H28OSi.C5H10.2CH3.Ti/c1-10(2,3)14(13,11(4,5)6)12(7,8)9;1-2-4-5-3-1;;;/h13H,1-9H3;1-5H2;2*1H3;/q;;2*-1;+3. The van der Waals surface area contributed by atoms with Crippen LogP contribution in [0.3, 0.4) is 0 Å². The van der Waals surface area contributed by atoms with E-state index in [0.717, 1.165) is 0 Å². The molecule has 1 fully saturated rings. The summed E-state index contributed by atoms with van der Waals surface area (Å²) in [6.45, 7) is 19.6. The molecule has 1 rings (SSSR count). The minimum Gasteiger partial charge on any atom is -0.430 e. The molecule has 0 amide bonds. The van der Waals surface area contributed by atoms with Gasteiger partial charge >= 0.3 is 21.7 Å². The molecule has 1 radical (unpaired) electrons. The largest absolute Gasteiger partial charge is 3.00 e. The molecule has 0 unspecified atom stereocenters. The van der Waals surface area contributed by atoms with Gasteiger partial charge in [-0.2, -0.15) is 0 Å². The number of hydrogen-bond acceptors (Lipinski definition) is 1. The van der Waals surface area contributed by atoms with Crippen LogP contribution in [0.4, 0.5) is 0 Å². The molecule has 0 aromatic carbocycles. The Morgan fingerprint density at radius 3 is 0.727 bits per heavy atom. The van der Waals surface area contributed by atoms with Crippen molar-refractivity contribution in [2.75, 3.05) is 0 Å². The third-order valence-corrected chi connectivity index (χ3v) is 11.0. The van der Waals surface area contributed by atoms with Gasteiger partial charge in [-0.05, 0) is 15.1 Å². The predicted octanol–water partition coefficient (Wildman–Crippen LogP) is 7.17. The molecule has 3 heteroatoms. The molecule has 1 saturated carbocycles. The summed E-state index contributed by atoms with van der Waals surface area (Å²) in [4.78, 5) is 11.2. The fourth-order valence-electron chi connectivity index (χ4n) is 4.26. The van der Waals surface area contributed by atoms with E-state index in [0.29, 0.717) is 0 Å². The molecule has 1 nitrogen and oxygen atoms in total. The first-order chi connectivity index (χ1) is 8.25. The van der Waals surface area contributed by atoms with E-state index in [2.05, 4.69) is 62.3 Å². The van der Waals surface area contributed by atoms with Crippen molar-refractivity contribution in [3.63, 3.8) is 0 Å². The average molecular weight is 365 g/mol. The molecule has 0 heterocycles. The summed E-state index contributed by atoms with van der Waals surface area (Å²) in [5.74, 6) is 0. The Morgan fingerprint density at radius 2 is 0.682 bits per heavy atom. The molecular formula is C19H44OSiTi+. The summed E-state index contributed by atoms with van der Waals surface area (Å²) >= 11 is 0. The molecule has 0 aromatic rings. The summed E-state index contributed by atoms with van der Waals surface area (Å²) < 4.78 is 0. The second-order valence-electron chi connectivity index (χ2n) is 9.23. The van der Waals surface area contributed by atoms with Crippen molar-refractivity contribution in [1.82, 2.24) is 0 Å². The van der Waals surface area contributed by atoms with E-state index >= 15 is 0 Å². The van der Waals surface area contributed by atoms with Gasteiger partial charge in [-0.1, -0.05) is 94.4 Å². The normalized spacial score (nSPS) is 15.5. The van der Waals surface area contributed by atoms with Crippen molar-refractivity contribution in [2.45, 2.75) is 110 Å². The van der Waals surface area contributed by atoms with Crippen LogP contribution in [0.25, 0.3) is 0 Å². The van der Waals surface area contributed by atoms with Crippen molar-refractivity contribution < 1.29 is 26.5 Å². The Hall–Kier alpha value is 0.891. The Bertz CT molecular complexity index is 221. The summed E-state index contributed by atoms with van der Waals surface area (Å²) in [7, 11) is -2.35. The van der Waals surface area contributed by atoms with Gasteiger partial charge in [-0.25, -0.2) is 0 Å². The Morgan fingerprint density at radius 1 is 0.545 bits per heavy atom. The third kappa shape index (κ3) is 7.64. The van der Waals surface area contributed by atoms with Crippen LogP contribution in [-0.2, 0) is 21.7 Å². The van der Waals surface area contributed by atoms with Crippen molar-refractivity contribution in [3.8, 4) is 0 Å². The summed E-state index contributed by atoms with van der Waals surface area (Å²) in [6, 6.07) is 0. The van der Waals surface area contributed by atoms with Crippen LogP contribution in [0.2, 0.25) is 15.1 Å². The van der Waals surface area contributed by atoms with E-state index in [9.17, 15) is 4.80 Å². The molecule has 22 heavy (non-hydrogen) atoms. The van der Waals surface area contributed by atoms with Gasteiger partial charge < -0.3 is 19.6 Å². The summed E-state index contributed by atoms with van der Waals surface area (Å²) in [6.07, 6.45) is 7.50. The topological polar surface area (TPSA) is 20.2 Å². The van der Waals surface area contributed by atoms with Gasteiger partial charge in [0.15, 0.2) is 0 Å². The van der Waals surface area contributed by atoms with Crippen LogP contribution in [0, 0.1) is 14.9 Å². The Labute approximate surface area is 159 Å². The first-order valence-corrected chi connectivity index (χ1v) is 9.92. The minimum absolute atomic E-state index is 0. The smallest absolute Gasteiger partial charge is 0.430 e. The zero-order valence-electron chi connectivity index (χ0n) is 17.5. The average Bonchev–Trinajstić information content (AvgIpc) is 2.68. The maximum atomic E-state index is 11.2. The van der Waals surface area contributed by atoms with Gasteiger partial charge in [0.1, 0.15) is 0 Å². The monoisotopic (exact) mass is 364 g/mol. The second-order valence-corrected chi connectivity index (χ2v) is 15.1. The van der Waals surface area contributed by atoms with Gasteiger partial charge in [0.05, 0.1) is 0 Å². The predicted molar refractivity (Wildman–Crippen MR) is 103 cm³/mol. The quantitative estimate of drug-likeness (QED) is 0.357. The molecule has 0 saturated heterocycles. The summed E-state index contributed by atoms with van der Waals surface area (Å²) in [5.41, 5.74) is 0. The van der Waals surface area contributed by atoms with E-state index in [1.54, 1.807) is 0 Å². The van der Waals surface area contributed by atoms with Crippen LogP contribution in [0.5, 0.6) is 0 Å². The van der Waals surface area contributed by atoms with Crippen LogP contribution in [0.1, 0.15) is 94.4 Å². The molecule has 0 aliphatic heterocycles. The van der Waals surface area contributed by atoms with Gasteiger partial charge in [-0.3, -0.25) is 0 Å². The molecule has 0 atom stereocenters.